The van der Waals surface area contributed by atoms with Crippen molar-refractivity contribution in [3.05, 3.63) is 0 Å². The molecule has 2 aliphatic carbocycles. The molecule has 3 fully saturated rings. The highest BCUT2D eigenvalue weighted by molar-refractivity contribution is 8.00. The molecule has 0 radical (unpaired) electrons. The van der Waals surface area contributed by atoms with E-state index in [-0.39, 0.29) is 5.91 Å². The Morgan fingerprint density at radius 1 is 1.05 bits per heavy atom. The topological polar surface area (TPSA) is 40.5 Å². The molecule has 0 aromatic heterocycles. The number of rotatable bonds is 2. The van der Waals surface area contributed by atoms with Gasteiger partial charge in [0.05, 0.1) is 12.0 Å². The average Bonchev–Trinajstić information content (AvgIpc) is 2.86. The van der Waals surface area contributed by atoms with Gasteiger partial charge in [-0.2, -0.15) is 11.8 Å². The quantitative estimate of drug-likeness (QED) is 0.852. The van der Waals surface area contributed by atoms with Crippen molar-refractivity contribution in [3.63, 3.8) is 0 Å². The molecule has 0 aromatic rings. The standard InChI is InChI=1S/C16H27NO2S/c18-14(12-15(19)6-4-5-7-15)17-10-11-20-16(13-17)8-2-1-3-9-16/h19H,1-13H2. The van der Waals surface area contributed by atoms with E-state index in [4.69, 9.17) is 0 Å². The zero-order valence-corrected chi connectivity index (χ0v) is 13.2. The summed E-state index contributed by atoms with van der Waals surface area (Å²) in [5.74, 6) is 1.27. The summed E-state index contributed by atoms with van der Waals surface area (Å²) in [5, 5.41) is 10.4. The number of carbonyl (C=O) groups is 1. The second-order valence-corrected chi connectivity index (χ2v) is 8.58. The fraction of sp³-hybridized carbons (Fsp3) is 0.938. The molecule has 20 heavy (non-hydrogen) atoms. The first-order valence-electron chi connectivity index (χ1n) is 8.25. The van der Waals surface area contributed by atoms with Crippen LogP contribution in [-0.2, 0) is 4.79 Å². The van der Waals surface area contributed by atoms with Crippen molar-refractivity contribution in [1.29, 1.82) is 0 Å². The van der Waals surface area contributed by atoms with Crippen LogP contribution in [0.25, 0.3) is 0 Å². The van der Waals surface area contributed by atoms with Gasteiger partial charge in [-0.15, -0.1) is 0 Å². The smallest absolute Gasteiger partial charge is 0.225 e. The summed E-state index contributed by atoms with van der Waals surface area (Å²) < 4.78 is 0.338. The van der Waals surface area contributed by atoms with Gasteiger partial charge < -0.3 is 10.0 Å². The van der Waals surface area contributed by atoms with Crippen molar-refractivity contribution >= 4 is 17.7 Å². The number of hydrogen-bond acceptors (Lipinski definition) is 3. The van der Waals surface area contributed by atoms with Crippen molar-refractivity contribution in [3.8, 4) is 0 Å². The van der Waals surface area contributed by atoms with Crippen LogP contribution in [0, 0.1) is 0 Å². The van der Waals surface area contributed by atoms with Gasteiger partial charge in [0.1, 0.15) is 0 Å². The van der Waals surface area contributed by atoms with Crippen molar-refractivity contribution in [2.24, 2.45) is 0 Å². The first kappa shape index (κ1) is 14.7. The summed E-state index contributed by atoms with van der Waals surface area (Å²) in [6, 6.07) is 0. The van der Waals surface area contributed by atoms with Crippen LogP contribution in [0.2, 0.25) is 0 Å². The van der Waals surface area contributed by atoms with E-state index in [1.54, 1.807) is 0 Å². The maximum absolute atomic E-state index is 12.5. The fourth-order valence-corrected chi connectivity index (χ4v) is 5.73. The molecule has 1 aliphatic heterocycles. The Morgan fingerprint density at radius 3 is 2.40 bits per heavy atom. The van der Waals surface area contributed by atoms with Crippen molar-refractivity contribution in [2.45, 2.75) is 74.6 Å². The van der Waals surface area contributed by atoms with Gasteiger partial charge >= 0.3 is 0 Å². The van der Waals surface area contributed by atoms with Gasteiger partial charge in [0, 0.05) is 23.6 Å². The molecule has 1 saturated heterocycles. The second-order valence-electron chi connectivity index (χ2n) is 7.02. The predicted molar refractivity (Wildman–Crippen MR) is 82.9 cm³/mol. The molecule has 3 nitrogen and oxygen atoms in total. The molecule has 1 spiro atoms. The summed E-state index contributed by atoms with van der Waals surface area (Å²) in [5.41, 5.74) is -0.693. The first-order chi connectivity index (χ1) is 9.61. The lowest BCUT2D eigenvalue weighted by Crippen LogP contribution is -2.51. The Bertz CT molecular complexity index is 354. The largest absolute Gasteiger partial charge is 0.389 e. The van der Waals surface area contributed by atoms with E-state index in [0.717, 1.165) is 44.5 Å². The molecule has 1 amide bonds. The van der Waals surface area contributed by atoms with Crippen molar-refractivity contribution < 1.29 is 9.90 Å². The van der Waals surface area contributed by atoms with E-state index in [9.17, 15) is 9.90 Å². The van der Waals surface area contributed by atoms with Crippen LogP contribution in [0.15, 0.2) is 0 Å². The predicted octanol–water partition coefficient (Wildman–Crippen LogP) is 2.96. The van der Waals surface area contributed by atoms with Crippen LogP contribution in [0.3, 0.4) is 0 Å². The molecule has 3 aliphatic rings. The third-order valence-corrected chi connectivity index (χ3v) is 6.92. The molecule has 1 heterocycles. The highest BCUT2D eigenvalue weighted by Crippen LogP contribution is 2.43. The summed E-state index contributed by atoms with van der Waals surface area (Å²) in [6.07, 6.45) is 10.7. The summed E-state index contributed by atoms with van der Waals surface area (Å²) >= 11 is 2.09. The normalized spacial score (nSPS) is 28.8. The zero-order chi connectivity index (χ0) is 14.1. The van der Waals surface area contributed by atoms with Crippen LogP contribution in [0.1, 0.15) is 64.2 Å². The van der Waals surface area contributed by atoms with Gasteiger partial charge in [-0.05, 0) is 25.7 Å². The van der Waals surface area contributed by atoms with Gasteiger partial charge in [0.15, 0.2) is 0 Å². The van der Waals surface area contributed by atoms with Gasteiger partial charge in [-0.3, -0.25) is 4.79 Å². The monoisotopic (exact) mass is 297 g/mol. The number of thioether (sulfide) groups is 1. The fourth-order valence-electron chi connectivity index (χ4n) is 4.16. The SMILES string of the molecule is O=C(CC1(O)CCCC1)N1CCSC2(CCCCC2)C1. The number of nitrogens with zero attached hydrogens (tertiary/aromatic N) is 1. The molecular weight excluding hydrogens is 270 g/mol. The third-order valence-electron chi connectivity index (χ3n) is 5.38. The number of aliphatic hydroxyl groups is 1. The Balaban J connectivity index is 1.60. The van der Waals surface area contributed by atoms with Crippen LogP contribution in [0.4, 0.5) is 0 Å². The van der Waals surface area contributed by atoms with E-state index >= 15 is 0 Å². The van der Waals surface area contributed by atoms with Crippen LogP contribution >= 0.6 is 11.8 Å². The van der Waals surface area contributed by atoms with Gasteiger partial charge in [-0.25, -0.2) is 0 Å². The highest BCUT2D eigenvalue weighted by atomic mass is 32.2. The molecule has 1 N–H and O–H groups in total. The van der Waals surface area contributed by atoms with Gasteiger partial charge in [-0.1, -0.05) is 32.1 Å². The lowest BCUT2D eigenvalue weighted by atomic mass is 9.87. The molecule has 0 aromatic carbocycles. The summed E-state index contributed by atoms with van der Waals surface area (Å²) in [7, 11) is 0. The lowest BCUT2D eigenvalue weighted by molar-refractivity contribution is -0.136. The van der Waals surface area contributed by atoms with Crippen LogP contribution in [0.5, 0.6) is 0 Å². The minimum atomic E-state index is -0.693. The van der Waals surface area contributed by atoms with E-state index in [2.05, 4.69) is 16.7 Å². The van der Waals surface area contributed by atoms with E-state index < -0.39 is 5.60 Å². The lowest BCUT2D eigenvalue weighted by Gasteiger charge is -2.45. The summed E-state index contributed by atoms with van der Waals surface area (Å²) in [6.45, 7) is 1.80. The van der Waals surface area contributed by atoms with Gasteiger partial charge in [0.25, 0.3) is 0 Å². The molecular formula is C16H27NO2S. The Labute approximate surface area is 126 Å². The number of carbonyl (C=O) groups excluding carboxylic acids is 1. The van der Waals surface area contributed by atoms with Crippen molar-refractivity contribution in [1.82, 2.24) is 4.90 Å². The Kier molecular flexibility index (Phi) is 4.32. The average molecular weight is 297 g/mol. The van der Waals surface area contributed by atoms with Gasteiger partial charge in [0.2, 0.25) is 5.91 Å². The molecule has 3 rings (SSSR count). The maximum Gasteiger partial charge on any atom is 0.225 e. The molecule has 2 saturated carbocycles. The Morgan fingerprint density at radius 2 is 1.70 bits per heavy atom. The molecule has 0 unspecified atom stereocenters. The molecule has 0 atom stereocenters. The highest BCUT2D eigenvalue weighted by Gasteiger charge is 2.41. The summed E-state index contributed by atoms with van der Waals surface area (Å²) in [4.78, 5) is 14.6. The Hall–Kier alpha value is -0.220. The third kappa shape index (κ3) is 3.16. The minimum absolute atomic E-state index is 0.194. The first-order valence-corrected chi connectivity index (χ1v) is 9.24. The number of amides is 1. The van der Waals surface area contributed by atoms with Crippen LogP contribution in [-0.4, -0.2) is 45.1 Å². The minimum Gasteiger partial charge on any atom is -0.389 e. The maximum atomic E-state index is 12.5. The second kappa shape index (κ2) is 5.88. The van der Waals surface area contributed by atoms with E-state index in [1.807, 2.05) is 0 Å². The molecule has 0 bridgehead atoms. The van der Waals surface area contributed by atoms with E-state index in [0.29, 0.717) is 11.2 Å². The molecule has 4 heteroatoms. The number of hydrogen-bond donors (Lipinski definition) is 1. The molecule has 114 valence electrons. The van der Waals surface area contributed by atoms with E-state index in [1.165, 1.54) is 32.1 Å². The van der Waals surface area contributed by atoms with Crippen LogP contribution < -0.4 is 0 Å². The van der Waals surface area contributed by atoms with Crippen molar-refractivity contribution in [2.75, 3.05) is 18.8 Å². The zero-order valence-electron chi connectivity index (χ0n) is 12.4.